The van der Waals surface area contributed by atoms with Gasteiger partial charge in [-0.05, 0) is 6.07 Å². The molecule has 0 bridgehead atoms. The van der Waals surface area contributed by atoms with Gasteiger partial charge in [0.1, 0.15) is 22.9 Å². The van der Waals surface area contributed by atoms with Crippen molar-refractivity contribution < 1.29 is 24.1 Å². The fourth-order valence-electron chi connectivity index (χ4n) is 2.21. The van der Waals surface area contributed by atoms with Crippen LogP contribution >= 0.6 is 0 Å². The Kier molecular flexibility index (Phi) is 6.10. The quantitative estimate of drug-likeness (QED) is 0.421. The Hall–Kier alpha value is -3.89. The van der Waals surface area contributed by atoms with Crippen molar-refractivity contribution in [2.75, 3.05) is 26.8 Å². The van der Waals surface area contributed by atoms with Crippen molar-refractivity contribution in [2.45, 2.75) is 0 Å². The maximum absolute atomic E-state index is 11.1. The Labute approximate surface area is 153 Å². The zero-order valence-electron chi connectivity index (χ0n) is 14.7. The second kappa shape index (κ2) is 8.47. The summed E-state index contributed by atoms with van der Waals surface area (Å²) in [5, 5.41) is 25.9. The van der Waals surface area contributed by atoms with Gasteiger partial charge in [-0.2, -0.15) is 5.10 Å². The van der Waals surface area contributed by atoms with Gasteiger partial charge in [0.15, 0.2) is 0 Å². The smallest absolute Gasteiger partial charge is 0.301 e. The fraction of sp³-hybridized carbons (Fsp3) is 0.188. The number of nitrogens with zero attached hydrogens (tertiary/aromatic N) is 3. The maximum atomic E-state index is 11.1. The van der Waals surface area contributed by atoms with Crippen LogP contribution in [0.4, 0.5) is 17.1 Å². The summed E-state index contributed by atoms with van der Waals surface area (Å²) in [5.74, 6) is 1.34. The van der Waals surface area contributed by atoms with E-state index in [2.05, 4.69) is 10.5 Å². The number of anilines is 1. The van der Waals surface area contributed by atoms with Gasteiger partial charge in [-0.15, -0.1) is 0 Å². The van der Waals surface area contributed by atoms with Crippen LogP contribution in [0.3, 0.4) is 0 Å². The Morgan fingerprint density at radius 3 is 2.07 bits per heavy atom. The minimum atomic E-state index is -0.737. The SMILES string of the molecule is COc1cc(OC)c(C=NNc2ccc([N+](=O)[O-])cc2[N+](=O)[O-])c(OC)c1. The Morgan fingerprint density at radius 2 is 1.59 bits per heavy atom. The molecule has 0 aliphatic rings. The molecule has 27 heavy (non-hydrogen) atoms. The third-order valence-electron chi connectivity index (χ3n) is 3.52. The first-order valence-electron chi connectivity index (χ1n) is 7.43. The van der Waals surface area contributed by atoms with Crippen LogP contribution in [-0.2, 0) is 0 Å². The summed E-state index contributed by atoms with van der Waals surface area (Å²) in [6.07, 6.45) is 1.35. The van der Waals surface area contributed by atoms with Gasteiger partial charge in [0, 0.05) is 18.2 Å². The minimum absolute atomic E-state index is 0.00621. The molecule has 0 saturated heterocycles. The van der Waals surface area contributed by atoms with E-state index in [0.29, 0.717) is 22.8 Å². The lowest BCUT2D eigenvalue weighted by atomic mass is 10.2. The minimum Gasteiger partial charge on any atom is -0.496 e. The number of ether oxygens (including phenoxy) is 3. The topological polar surface area (TPSA) is 138 Å². The summed E-state index contributed by atoms with van der Waals surface area (Å²) < 4.78 is 15.7. The molecule has 11 nitrogen and oxygen atoms in total. The van der Waals surface area contributed by atoms with Gasteiger partial charge >= 0.3 is 5.69 Å². The summed E-state index contributed by atoms with van der Waals surface area (Å²) in [4.78, 5) is 20.5. The summed E-state index contributed by atoms with van der Waals surface area (Å²) in [6, 6.07) is 6.44. The van der Waals surface area contributed by atoms with Crippen molar-refractivity contribution in [3.8, 4) is 17.2 Å². The van der Waals surface area contributed by atoms with Crippen molar-refractivity contribution in [1.29, 1.82) is 0 Å². The van der Waals surface area contributed by atoms with Gasteiger partial charge in [-0.3, -0.25) is 25.7 Å². The number of benzene rings is 2. The predicted molar refractivity (Wildman–Crippen MR) is 97.1 cm³/mol. The number of nitrogens with one attached hydrogen (secondary N) is 1. The van der Waals surface area contributed by atoms with Crippen LogP contribution in [0.25, 0.3) is 0 Å². The molecule has 0 radical (unpaired) electrons. The average Bonchev–Trinajstić information content (AvgIpc) is 2.67. The second-order valence-electron chi connectivity index (χ2n) is 5.03. The molecule has 1 N–H and O–H groups in total. The normalized spacial score (nSPS) is 10.5. The van der Waals surface area contributed by atoms with E-state index in [1.807, 2.05) is 0 Å². The van der Waals surface area contributed by atoms with Crippen LogP contribution in [0.15, 0.2) is 35.4 Å². The molecular weight excluding hydrogens is 360 g/mol. The number of nitro benzene ring substituents is 2. The van der Waals surface area contributed by atoms with E-state index in [1.54, 1.807) is 12.1 Å². The van der Waals surface area contributed by atoms with Crippen LogP contribution in [0.1, 0.15) is 5.56 Å². The molecule has 2 rings (SSSR count). The van der Waals surface area contributed by atoms with E-state index in [1.165, 1.54) is 33.6 Å². The van der Waals surface area contributed by atoms with E-state index in [0.717, 1.165) is 12.1 Å². The van der Waals surface area contributed by atoms with E-state index in [4.69, 9.17) is 14.2 Å². The lowest BCUT2D eigenvalue weighted by Gasteiger charge is -2.12. The number of nitro groups is 2. The van der Waals surface area contributed by atoms with E-state index in [-0.39, 0.29) is 5.69 Å². The van der Waals surface area contributed by atoms with Crippen molar-refractivity contribution in [3.05, 3.63) is 56.1 Å². The Morgan fingerprint density at radius 1 is 0.963 bits per heavy atom. The predicted octanol–water partition coefficient (Wildman–Crippen LogP) is 2.97. The summed E-state index contributed by atoms with van der Waals surface area (Å²) in [5.41, 5.74) is 2.10. The van der Waals surface area contributed by atoms with Gasteiger partial charge < -0.3 is 14.2 Å². The molecular formula is C16H16N4O7. The highest BCUT2D eigenvalue weighted by Gasteiger charge is 2.19. The van der Waals surface area contributed by atoms with Gasteiger partial charge in [0.05, 0.1) is 49.0 Å². The largest absolute Gasteiger partial charge is 0.496 e. The zero-order valence-corrected chi connectivity index (χ0v) is 14.7. The first kappa shape index (κ1) is 19.4. The maximum Gasteiger partial charge on any atom is 0.301 e. The number of rotatable bonds is 8. The molecule has 0 aromatic heterocycles. The van der Waals surface area contributed by atoms with Crippen LogP contribution in [0.5, 0.6) is 17.2 Å². The number of methoxy groups -OCH3 is 3. The van der Waals surface area contributed by atoms with Gasteiger partial charge in [0.25, 0.3) is 5.69 Å². The van der Waals surface area contributed by atoms with Gasteiger partial charge in [0.2, 0.25) is 0 Å². The number of hydrogen-bond acceptors (Lipinski definition) is 9. The number of hydrogen-bond donors (Lipinski definition) is 1. The van der Waals surface area contributed by atoms with Crippen LogP contribution in [-0.4, -0.2) is 37.4 Å². The molecule has 142 valence electrons. The van der Waals surface area contributed by atoms with Crippen LogP contribution < -0.4 is 19.6 Å². The third-order valence-corrected chi connectivity index (χ3v) is 3.52. The number of non-ortho nitro benzene ring substituents is 1. The van der Waals surface area contributed by atoms with Crippen molar-refractivity contribution in [2.24, 2.45) is 5.10 Å². The van der Waals surface area contributed by atoms with E-state index < -0.39 is 21.2 Å². The number of hydrazone groups is 1. The lowest BCUT2D eigenvalue weighted by Crippen LogP contribution is -2.01. The molecule has 0 aliphatic heterocycles. The molecule has 0 atom stereocenters. The molecule has 0 saturated carbocycles. The molecule has 0 aliphatic carbocycles. The van der Waals surface area contributed by atoms with E-state index in [9.17, 15) is 20.2 Å². The van der Waals surface area contributed by atoms with Crippen molar-refractivity contribution in [1.82, 2.24) is 0 Å². The molecule has 2 aromatic carbocycles. The highest BCUT2D eigenvalue weighted by molar-refractivity contribution is 5.88. The first-order valence-corrected chi connectivity index (χ1v) is 7.43. The molecule has 2 aromatic rings. The third kappa shape index (κ3) is 4.39. The summed E-state index contributed by atoms with van der Waals surface area (Å²) >= 11 is 0. The Balaban J connectivity index is 2.35. The second-order valence-corrected chi connectivity index (χ2v) is 5.03. The standard InChI is InChI=1S/C16H16N4O7/c1-25-11-7-15(26-2)12(16(8-11)27-3)9-17-18-13-5-4-10(19(21)22)6-14(13)20(23)24/h4-9,18H,1-3H3. The molecule has 0 fully saturated rings. The molecule has 0 heterocycles. The lowest BCUT2D eigenvalue weighted by molar-refractivity contribution is -0.393. The Bertz CT molecular complexity index is 873. The first-order chi connectivity index (χ1) is 12.9. The molecule has 0 unspecified atom stereocenters. The monoisotopic (exact) mass is 376 g/mol. The van der Waals surface area contributed by atoms with Crippen molar-refractivity contribution >= 4 is 23.3 Å². The highest BCUT2D eigenvalue weighted by atomic mass is 16.6. The van der Waals surface area contributed by atoms with E-state index >= 15 is 0 Å². The zero-order chi connectivity index (χ0) is 20.0. The molecule has 0 amide bonds. The van der Waals surface area contributed by atoms with Crippen molar-refractivity contribution in [3.63, 3.8) is 0 Å². The average molecular weight is 376 g/mol. The molecule has 0 spiro atoms. The van der Waals surface area contributed by atoms with Gasteiger partial charge in [-0.25, -0.2) is 0 Å². The summed E-state index contributed by atoms with van der Waals surface area (Å²) in [7, 11) is 4.41. The van der Waals surface area contributed by atoms with Crippen LogP contribution in [0.2, 0.25) is 0 Å². The summed E-state index contributed by atoms with van der Waals surface area (Å²) in [6.45, 7) is 0. The molecule has 11 heteroatoms. The van der Waals surface area contributed by atoms with Gasteiger partial charge in [-0.1, -0.05) is 0 Å². The fourth-order valence-corrected chi connectivity index (χ4v) is 2.21. The highest BCUT2D eigenvalue weighted by Crippen LogP contribution is 2.33. The van der Waals surface area contributed by atoms with Crippen LogP contribution in [0, 0.1) is 20.2 Å².